The molecule has 0 fully saturated rings. The van der Waals surface area contributed by atoms with Gasteiger partial charge < -0.3 is 35.7 Å². The van der Waals surface area contributed by atoms with Crippen LogP contribution in [0.3, 0.4) is 0 Å². The first-order chi connectivity index (χ1) is 18.3. The zero-order valence-corrected chi connectivity index (χ0v) is 21.7. The molecule has 0 aliphatic carbocycles. The van der Waals surface area contributed by atoms with Gasteiger partial charge in [0.25, 0.3) is 0 Å². The van der Waals surface area contributed by atoms with Gasteiger partial charge in [-0.15, -0.1) is 0 Å². The van der Waals surface area contributed by atoms with Crippen molar-refractivity contribution < 1.29 is 58.3 Å². The van der Waals surface area contributed by atoms with Crippen LogP contribution in [0.2, 0.25) is 0 Å². The molecule has 0 saturated carbocycles. The zero-order valence-electron chi connectivity index (χ0n) is 21.7. The molecule has 3 aromatic carbocycles. The summed E-state index contributed by atoms with van der Waals surface area (Å²) in [7, 11) is 0. The highest BCUT2D eigenvalue weighted by atomic mass is 16.5. The molecule has 0 aromatic heterocycles. The first kappa shape index (κ1) is 34.4. The topological polar surface area (TPSA) is 226 Å². The molecule has 0 amide bonds. The average molecular weight is 558 g/mol. The van der Waals surface area contributed by atoms with Gasteiger partial charge in [-0.1, -0.05) is 36.4 Å². The van der Waals surface area contributed by atoms with Crippen molar-refractivity contribution in [1.29, 1.82) is 0 Å². The van der Waals surface area contributed by atoms with Crippen molar-refractivity contribution in [3.8, 4) is 17.2 Å². The Bertz CT molecular complexity index is 1200. The van der Waals surface area contributed by atoms with E-state index in [-0.39, 0.29) is 40.1 Å². The van der Waals surface area contributed by atoms with Gasteiger partial charge >= 0.3 is 35.8 Å². The summed E-state index contributed by atoms with van der Waals surface area (Å²) in [6, 6.07) is 17.9. The van der Waals surface area contributed by atoms with Crippen molar-refractivity contribution in [3.63, 3.8) is 0 Å². The monoisotopic (exact) mass is 557 g/mol. The summed E-state index contributed by atoms with van der Waals surface area (Å²) < 4.78 is 14.1. The van der Waals surface area contributed by atoms with Gasteiger partial charge in [0.05, 0.1) is 0 Å². The Labute approximate surface area is 228 Å². The summed E-state index contributed by atoms with van der Waals surface area (Å²) in [4.78, 5) is 63.6. The SMILES string of the molecule is CC(=O)Oc1ccccc1C(=O)O.CC(=O)Oc1ccccc1C(=O)O.CC(=O)Oc1ccccc1C(=O)O.N. The Kier molecular flexibility index (Phi) is 14.7. The lowest BCUT2D eigenvalue weighted by molar-refractivity contribution is -0.132. The summed E-state index contributed by atoms with van der Waals surface area (Å²) in [6.07, 6.45) is 0. The van der Waals surface area contributed by atoms with Crippen molar-refractivity contribution in [3.05, 3.63) is 89.5 Å². The summed E-state index contributed by atoms with van der Waals surface area (Å²) in [6.45, 7) is 3.66. The minimum absolute atomic E-state index is 0. The first-order valence-corrected chi connectivity index (χ1v) is 10.9. The van der Waals surface area contributed by atoms with Crippen LogP contribution in [0.15, 0.2) is 72.8 Å². The minimum Gasteiger partial charge on any atom is -0.478 e. The molecule has 13 heteroatoms. The number of esters is 3. The van der Waals surface area contributed by atoms with Crippen LogP contribution in [-0.2, 0) is 14.4 Å². The Morgan fingerprint density at radius 2 is 0.650 bits per heavy atom. The number of hydrogen-bond acceptors (Lipinski definition) is 10. The molecule has 3 rings (SSSR count). The molecule has 0 aliphatic heterocycles. The maximum Gasteiger partial charge on any atom is 0.339 e. The highest BCUT2D eigenvalue weighted by Crippen LogP contribution is 2.19. The summed E-state index contributed by atoms with van der Waals surface area (Å²) >= 11 is 0. The maximum atomic E-state index is 10.6. The fourth-order valence-corrected chi connectivity index (χ4v) is 2.66. The van der Waals surface area contributed by atoms with E-state index in [2.05, 4.69) is 14.2 Å². The van der Waals surface area contributed by atoms with E-state index < -0.39 is 35.8 Å². The molecule has 40 heavy (non-hydrogen) atoms. The fourth-order valence-electron chi connectivity index (χ4n) is 2.66. The third-order valence-corrected chi connectivity index (χ3v) is 4.11. The molecule has 6 N–H and O–H groups in total. The highest BCUT2D eigenvalue weighted by Gasteiger charge is 2.12. The third-order valence-electron chi connectivity index (χ3n) is 4.11. The highest BCUT2D eigenvalue weighted by molar-refractivity contribution is 5.93. The molecule has 0 heterocycles. The van der Waals surface area contributed by atoms with Gasteiger partial charge in [-0.25, -0.2) is 14.4 Å². The Hall–Kier alpha value is -5.56. The molecule has 0 unspecified atom stereocenters. The standard InChI is InChI=1S/3C9H8O4.H3N/c3*1-6(10)13-8-5-3-2-4-7(8)9(11)12;/h3*2-5H,1H3,(H,11,12);1H3. The maximum absolute atomic E-state index is 10.6. The van der Waals surface area contributed by atoms with Crippen LogP contribution in [0.1, 0.15) is 51.8 Å². The van der Waals surface area contributed by atoms with Crippen LogP contribution in [-0.4, -0.2) is 51.1 Å². The van der Waals surface area contributed by atoms with E-state index in [9.17, 15) is 28.8 Å². The predicted molar refractivity (Wildman–Crippen MR) is 139 cm³/mol. The van der Waals surface area contributed by atoms with Gasteiger partial charge in [-0.2, -0.15) is 0 Å². The molecule has 3 aromatic rings. The van der Waals surface area contributed by atoms with Gasteiger partial charge in [0.2, 0.25) is 0 Å². The minimum atomic E-state index is -1.11. The van der Waals surface area contributed by atoms with Gasteiger partial charge in [-0.05, 0) is 36.4 Å². The normalized spacial score (nSPS) is 9.07. The van der Waals surface area contributed by atoms with E-state index in [1.807, 2.05) is 0 Å². The van der Waals surface area contributed by atoms with Crippen molar-refractivity contribution in [2.75, 3.05) is 0 Å². The second kappa shape index (κ2) is 17.0. The molecule has 0 spiro atoms. The van der Waals surface area contributed by atoms with Crippen LogP contribution in [0.5, 0.6) is 17.2 Å². The van der Waals surface area contributed by atoms with Gasteiger partial charge in [0, 0.05) is 20.8 Å². The number of carboxylic acids is 3. The molecule has 0 aliphatic rings. The number of para-hydroxylation sites is 3. The van der Waals surface area contributed by atoms with Crippen LogP contribution in [0.25, 0.3) is 0 Å². The summed E-state index contributed by atoms with van der Waals surface area (Å²) in [5.74, 6) is -4.73. The Morgan fingerprint density at radius 1 is 0.450 bits per heavy atom. The third kappa shape index (κ3) is 12.1. The number of carboxylic acid groups (broad SMARTS) is 3. The van der Waals surface area contributed by atoms with Gasteiger partial charge in [0.15, 0.2) is 0 Å². The van der Waals surface area contributed by atoms with Crippen molar-refractivity contribution in [2.24, 2.45) is 0 Å². The fraction of sp³-hybridized carbons (Fsp3) is 0.111. The van der Waals surface area contributed by atoms with E-state index in [4.69, 9.17) is 15.3 Å². The van der Waals surface area contributed by atoms with Crippen molar-refractivity contribution >= 4 is 35.8 Å². The number of hydrogen-bond donors (Lipinski definition) is 4. The zero-order chi connectivity index (χ0) is 29.5. The molecular weight excluding hydrogens is 530 g/mol. The lowest BCUT2D eigenvalue weighted by atomic mass is 10.2. The van der Waals surface area contributed by atoms with Gasteiger partial charge in [-0.3, -0.25) is 14.4 Å². The molecule has 212 valence electrons. The molecule has 0 atom stereocenters. The van der Waals surface area contributed by atoms with E-state index >= 15 is 0 Å². The second-order valence-electron chi connectivity index (χ2n) is 7.18. The largest absolute Gasteiger partial charge is 0.478 e. The Morgan fingerprint density at radius 3 is 0.825 bits per heavy atom. The van der Waals surface area contributed by atoms with Gasteiger partial charge in [0.1, 0.15) is 33.9 Å². The average Bonchev–Trinajstić information content (AvgIpc) is 2.84. The molecule has 0 radical (unpaired) electrons. The quantitative estimate of drug-likeness (QED) is 0.248. The number of ether oxygens (including phenoxy) is 3. The second-order valence-corrected chi connectivity index (χ2v) is 7.18. The van der Waals surface area contributed by atoms with E-state index in [0.717, 1.165) is 0 Å². The summed E-state index contributed by atoms with van der Waals surface area (Å²) in [5, 5.41) is 26.1. The number of benzene rings is 3. The first-order valence-electron chi connectivity index (χ1n) is 10.9. The van der Waals surface area contributed by atoms with Crippen LogP contribution < -0.4 is 20.4 Å². The molecule has 0 saturated heterocycles. The Balaban J connectivity index is 0.000000563. The number of rotatable bonds is 6. The lowest BCUT2D eigenvalue weighted by Gasteiger charge is -2.03. The van der Waals surface area contributed by atoms with E-state index in [0.29, 0.717) is 0 Å². The van der Waals surface area contributed by atoms with Crippen molar-refractivity contribution in [1.82, 2.24) is 6.15 Å². The molecular formula is C27H27NO12. The van der Waals surface area contributed by atoms with Crippen LogP contribution >= 0.6 is 0 Å². The summed E-state index contributed by atoms with van der Waals surface area (Å²) in [5.41, 5.74) is -0.0481. The van der Waals surface area contributed by atoms with Crippen LogP contribution in [0, 0.1) is 0 Å². The van der Waals surface area contributed by atoms with E-state index in [1.54, 1.807) is 36.4 Å². The predicted octanol–water partition coefficient (Wildman–Crippen LogP) is 4.09. The van der Waals surface area contributed by atoms with Crippen molar-refractivity contribution in [2.45, 2.75) is 20.8 Å². The number of carbonyl (C=O) groups excluding carboxylic acids is 3. The van der Waals surface area contributed by atoms with E-state index in [1.165, 1.54) is 57.2 Å². The number of aromatic carboxylic acids is 3. The number of carbonyl (C=O) groups is 6. The molecule has 13 nitrogen and oxygen atoms in total. The smallest absolute Gasteiger partial charge is 0.339 e. The van der Waals surface area contributed by atoms with Crippen LogP contribution in [0.4, 0.5) is 0 Å². The lowest BCUT2D eigenvalue weighted by Crippen LogP contribution is -2.06. The molecule has 0 bridgehead atoms.